The summed E-state index contributed by atoms with van der Waals surface area (Å²) in [5.41, 5.74) is 1.40. The van der Waals surface area contributed by atoms with Crippen molar-refractivity contribution in [3.8, 4) is 11.4 Å². The predicted octanol–water partition coefficient (Wildman–Crippen LogP) is 2.53. The van der Waals surface area contributed by atoms with Crippen LogP contribution in [0, 0.1) is 12.8 Å². The van der Waals surface area contributed by atoms with Gasteiger partial charge in [0.1, 0.15) is 5.69 Å². The number of H-pyrrole nitrogens is 1. The molecular formula is C21H25ClN4O4. The van der Waals surface area contributed by atoms with E-state index in [1.165, 1.54) is 0 Å². The van der Waals surface area contributed by atoms with Crippen molar-refractivity contribution in [1.82, 2.24) is 20.1 Å². The molecule has 1 aliphatic rings. The van der Waals surface area contributed by atoms with Crippen LogP contribution in [-0.2, 0) is 20.7 Å². The van der Waals surface area contributed by atoms with Gasteiger partial charge in [0.05, 0.1) is 12.5 Å². The van der Waals surface area contributed by atoms with Crippen LogP contribution in [0.25, 0.3) is 11.4 Å². The van der Waals surface area contributed by atoms with Crippen LogP contribution >= 0.6 is 11.6 Å². The van der Waals surface area contributed by atoms with Crippen molar-refractivity contribution < 1.29 is 14.3 Å². The fourth-order valence-electron chi connectivity index (χ4n) is 3.43. The number of likely N-dealkylation sites (tertiary alicyclic amines) is 1. The molecular weight excluding hydrogens is 408 g/mol. The van der Waals surface area contributed by atoms with Crippen molar-refractivity contribution in [3.05, 3.63) is 44.8 Å². The van der Waals surface area contributed by atoms with Crippen LogP contribution in [0.15, 0.2) is 23.0 Å². The minimum Gasteiger partial charge on any atom is -0.466 e. The lowest BCUT2D eigenvalue weighted by atomic mass is 9.98. The second-order valence-corrected chi connectivity index (χ2v) is 7.75. The number of aryl methyl sites for hydroxylation is 2. The van der Waals surface area contributed by atoms with Gasteiger partial charge in [0.15, 0.2) is 5.82 Å². The molecule has 1 aromatic heterocycles. The molecule has 1 atom stereocenters. The van der Waals surface area contributed by atoms with Crippen LogP contribution in [-0.4, -0.2) is 51.7 Å². The van der Waals surface area contributed by atoms with Gasteiger partial charge >= 0.3 is 5.97 Å². The molecule has 1 aliphatic heterocycles. The number of nitrogens with one attached hydrogen (secondary N) is 1. The SMILES string of the molecule is CCOC(=O)C1CCCN(C(=O)CCc2nnc(-c3ccc(C)c(Cl)c3)[nH]c2=O)C1. The summed E-state index contributed by atoms with van der Waals surface area (Å²) in [4.78, 5) is 41.3. The van der Waals surface area contributed by atoms with E-state index in [1.807, 2.05) is 13.0 Å². The molecule has 0 radical (unpaired) electrons. The first-order valence-corrected chi connectivity index (χ1v) is 10.4. The maximum Gasteiger partial charge on any atom is 0.310 e. The Morgan fingerprint density at radius 3 is 2.83 bits per heavy atom. The third-order valence-corrected chi connectivity index (χ3v) is 5.59. The van der Waals surface area contributed by atoms with Crippen molar-refractivity contribution >= 4 is 23.5 Å². The van der Waals surface area contributed by atoms with E-state index in [-0.39, 0.29) is 41.9 Å². The Morgan fingerprint density at radius 2 is 2.13 bits per heavy atom. The molecule has 1 saturated heterocycles. The van der Waals surface area contributed by atoms with Crippen LogP contribution in [0.2, 0.25) is 5.02 Å². The normalized spacial score (nSPS) is 16.4. The van der Waals surface area contributed by atoms with Gasteiger partial charge in [-0.2, -0.15) is 0 Å². The maximum atomic E-state index is 12.6. The molecule has 0 saturated carbocycles. The monoisotopic (exact) mass is 432 g/mol. The zero-order valence-corrected chi connectivity index (χ0v) is 17.9. The molecule has 1 unspecified atom stereocenters. The highest BCUT2D eigenvalue weighted by Gasteiger charge is 2.29. The van der Waals surface area contributed by atoms with Crippen LogP contribution in [0.1, 0.15) is 37.4 Å². The zero-order chi connectivity index (χ0) is 21.7. The number of hydrogen-bond acceptors (Lipinski definition) is 6. The number of hydrogen-bond donors (Lipinski definition) is 1. The molecule has 30 heavy (non-hydrogen) atoms. The van der Waals surface area contributed by atoms with Crippen molar-refractivity contribution in [3.63, 3.8) is 0 Å². The first kappa shape index (κ1) is 22.0. The molecule has 0 aliphatic carbocycles. The van der Waals surface area contributed by atoms with Crippen molar-refractivity contribution in [2.45, 2.75) is 39.5 Å². The average molecular weight is 433 g/mol. The molecule has 8 nitrogen and oxygen atoms in total. The van der Waals surface area contributed by atoms with Crippen molar-refractivity contribution in [1.29, 1.82) is 0 Å². The summed E-state index contributed by atoms with van der Waals surface area (Å²) >= 11 is 6.13. The Labute approximate surface area is 179 Å². The number of piperidine rings is 1. The Bertz CT molecular complexity index is 991. The summed E-state index contributed by atoms with van der Waals surface area (Å²) in [5.74, 6) is -0.333. The summed E-state index contributed by atoms with van der Waals surface area (Å²) in [6, 6.07) is 5.36. The number of benzene rings is 1. The summed E-state index contributed by atoms with van der Waals surface area (Å²) in [7, 11) is 0. The lowest BCUT2D eigenvalue weighted by Gasteiger charge is -2.31. The van der Waals surface area contributed by atoms with Gasteiger partial charge in [-0.1, -0.05) is 23.7 Å². The number of esters is 1. The van der Waals surface area contributed by atoms with E-state index in [4.69, 9.17) is 16.3 Å². The van der Waals surface area contributed by atoms with E-state index in [0.29, 0.717) is 36.1 Å². The molecule has 1 amide bonds. The van der Waals surface area contributed by atoms with E-state index in [1.54, 1.807) is 24.0 Å². The largest absolute Gasteiger partial charge is 0.466 e. The van der Waals surface area contributed by atoms with Crippen LogP contribution in [0.3, 0.4) is 0 Å². The van der Waals surface area contributed by atoms with Gasteiger partial charge in [0, 0.05) is 36.5 Å². The molecule has 160 valence electrons. The second-order valence-electron chi connectivity index (χ2n) is 7.34. The number of halogens is 1. The number of carbonyl (C=O) groups excluding carboxylic acids is 2. The van der Waals surface area contributed by atoms with Gasteiger partial charge in [-0.3, -0.25) is 14.4 Å². The highest BCUT2D eigenvalue weighted by atomic mass is 35.5. The topological polar surface area (TPSA) is 105 Å². The van der Waals surface area contributed by atoms with Crippen LogP contribution in [0.4, 0.5) is 0 Å². The summed E-state index contributed by atoms with van der Waals surface area (Å²) in [6.07, 6.45) is 1.78. The number of aromatic nitrogens is 3. The quantitative estimate of drug-likeness (QED) is 0.703. The minimum absolute atomic E-state index is 0.111. The summed E-state index contributed by atoms with van der Waals surface area (Å²) in [6.45, 7) is 4.94. The number of nitrogens with zero attached hydrogens (tertiary/aromatic N) is 3. The van der Waals surface area contributed by atoms with Crippen LogP contribution < -0.4 is 5.56 Å². The van der Waals surface area contributed by atoms with E-state index in [2.05, 4.69) is 15.2 Å². The third-order valence-electron chi connectivity index (χ3n) is 5.18. The Hall–Kier alpha value is -2.74. The van der Waals surface area contributed by atoms with Crippen LogP contribution in [0.5, 0.6) is 0 Å². The fourth-order valence-corrected chi connectivity index (χ4v) is 3.61. The minimum atomic E-state index is -0.382. The van der Waals surface area contributed by atoms with E-state index < -0.39 is 0 Å². The van der Waals surface area contributed by atoms with E-state index in [9.17, 15) is 14.4 Å². The Morgan fingerprint density at radius 1 is 1.33 bits per heavy atom. The smallest absolute Gasteiger partial charge is 0.310 e. The molecule has 0 spiro atoms. The van der Waals surface area contributed by atoms with Gasteiger partial charge in [-0.25, -0.2) is 0 Å². The molecule has 1 N–H and O–H groups in total. The van der Waals surface area contributed by atoms with Crippen molar-refractivity contribution in [2.75, 3.05) is 19.7 Å². The molecule has 2 aromatic rings. The second kappa shape index (κ2) is 9.84. The highest BCUT2D eigenvalue weighted by molar-refractivity contribution is 6.31. The zero-order valence-electron chi connectivity index (χ0n) is 17.1. The lowest BCUT2D eigenvalue weighted by molar-refractivity contribution is -0.151. The van der Waals surface area contributed by atoms with Gasteiger partial charge in [-0.05, 0) is 38.3 Å². The number of amides is 1. The third kappa shape index (κ3) is 5.24. The number of carbonyl (C=O) groups is 2. The first-order valence-electron chi connectivity index (χ1n) is 10.1. The predicted molar refractivity (Wildman–Crippen MR) is 112 cm³/mol. The van der Waals surface area contributed by atoms with Gasteiger partial charge < -0.3 is 14.6 Å². The molecule has 0 bridgehead atoms. The molecule has 1 aromatic carbocycles. The number of aromatic amines is 1. The molecule has 2 heterocycles. The first-order chi connectivity index (χ1) is 14.4. The van der Waals surface area contributed by atoms with E-state index >= 15 is 0 Å². The standard InChI is InChI=1S/C21H25ClN4O4/c1-3-30-21(29)15-5-4-10-26(12-15)18(27)9-8-17-20(28)23-19(25-24-17)14-7-6-13(2)16(22)11-14/h6-7,11,15H,3-5,8-10,12H2,1-2H3,(H,23,25,28). The van der Waals surface area contributed by atoms with Crippen molar-refractivity contribution in [2.24, 2.45) is 5.92 Å². The molecule has 1 fully saturated rings. The number of ether oxygens (including phenoxy) is 1. The Balaban J connectivity index is 1.61. The van der Waals surface area contributed by atoms with E-state index in [0.717, 1.165) is 18.4 Å². The molecule has 9 heteroatoms. The van der Waals surface area contributed by atoms with Gasteiger partial charge in [0.25, 0.3) is 5.56 Å². The summed E-state index contributed by atoms with van der Waals surface area (Å²) < 4.78 is 5.07. The van der Waals surface area contributed by atoms with Gasteiger partial charge in [0.2, 0.25) is 5.91 Å². The lowest BCUT2D eigenvalue weighted by Crippen LogP contribution is -2.43. The summed E-state index contributed by atoms with van der Waals surface area (Å²) in [5, 5.41) is 8.66. The highest BCUT2D eigenvalue weighted by Crippen LogP contribution is 2.22. The number of rotatable bonds is 6. The molecule has 3 rings (SSSR count). The Kier molecular flexibility index (Phi) is 7.20. The van der Waals surface area contributed by atoms with Gasteiger partial charge in [-0.15, -0.1) is 10.2 Å². The fraction of sp³-hybridized carbons (Fsp3) is 0.476. The maximum absolute atomic E-state index is 12.6. The average Bonchev–Trinajstić information content (AvgIpc) is 2.75.